The second kappa shape index (κ2) is 4.49. The summed E-state index contributed by atoms with van der Waals surface area (Å²) in [4.78, 5) is 11.1. The van der Waals surface area contributed by atoms with Crippen LogP contribution < -0.4 is 10.1 Å². The van der Waals surface area contributed by atoms with Gasteiger partial charge in [0.1, 0.15) is 0 Å². The predicted molar refractivity (Wildman–Crippen MR) is 46.6 cm³/mol. The van der Waals surface area contributed by atoms with Crippen LogP contribution in [0.2, 0.25) is 0 Å². The van der Waals surface area contributed by atoms with Gasteiger partial charge in [-0.2, -0.15) is 0 Å². The third-order valence-corrected chi connectivity index (χ3v) is 1.44. The third kappa shape index (κ3) is 2.77. The lowest BCUT2D eigenvalue weighted by molar-refractivity contribution is -0.116. The Hall–Kier alpha value is -1.52. The van der Waals surface area contributed by atoms with Crippen molar-refractivity contribution in [3.05, 3.63) is 6.07 Å². The minimum absolute atomic E-state index is 0.0821. The molecule has 0 spiro atoms. The van der Waals surface area contributed by atoms with Crippen molar-refractivity contribution in [3.8, 4) is 5.88 Å². The average Bonchev–Trinajstić information content (AvgIpc) is 2.52. The number of amides is 1. The number of nitrogens with zero attached hydrogens (tertiary/aromatic N) is 1. The normalized spacial score (nSPS) is 9.69. The van der Waals surface area contributed by atoms with E-state index in [1.165, 1.54) is 13.2 Å². The van der Waals surface area contributed by atoms with Crippen LogP contribution in [0.25, 0.3) is 0 Å². The Morgan fingerprint density at radius 3 is 3.08 bits per heavy atom. The second-order valence-electron chi connectivity index (χ2n) is 2.53. The molecule has 1 amide bonds. The largest absolute Gasteiger partial charge is 0.479 e. The summed E-state index contributed by atoms with van der Waals surface area (Å²) in [5.74, 6) is 0.586. The van der Waals surface area contributed by atoms with Gasteiger partial charge in [-0.1, -0.05) is 6.92 Å². The van der Waals surface area contributed by atoms with Crippen molar-refractivity contribution in [1.82, 2.24) is 5.16 Å². The first-order valence-electron chi connectivity index (χ1n) is 4.06. The van der Waals surface area contributed by atoms with Crippen LogP contribution in [-0.2, 0) is 4.79 Å². The zero-order chi connectivity index (χ0) is 9.68. The number of methoxy groups -OCH3 is 1. The summed E-state index contributed by atoms with van der Waals surface area (Å²) in [5.41, 5.74) is 0. The molecular weight excluding hydrogens is 172 g/mol. The molecule has 0 bridgehead atoms. The van der Waals surface area contributed by atoms with E-state index in [1.54, 1.807) is 0 Å². The van der Waals surface area contributed by atoms with Crippen molar-refractivity contribution in [1.29, 1.82) is 0 Å². The monoisotopic (exact) mass is 184 g/mol. The van der Waals surface area contributed by atoms with Crippen LogP contribution in [0.15, 0.2) is 10.6 Å². The van der Waals surface area contributed by atoms with E-state index in [2.05, 4.69) is 10.5 Å². The number of rotatable bonds is 4. The molecule has 0 aliphatic rings. The molecule has 0 aromatic carbocycles. The van der Waals surface area contributed by atoms with E-state index in [0.717, 1.165) is 6.42 Å². The molecule has 0 radical (unpaired) electrons. The first-order chi connectivity index (χ1) is 6.26. The highest BCUT2D eigenvalue weighted by atomic mass is 16.5. The maximum atomic E-state index is 11.1. The summed E-state index contributed by atoms with van der Waals surface area (Å²) in [6.07, 6.45) is 1.28. The van der Waals surface area contributed by atoms with E-state index in [-0.39, 0.29) is 5.91 Å². The van der Waals surface area contributed by atoms with Crippen molar-refractivity contribution < 1.29 is 14.1 Å². The first kappa shape index (κ1) is 9.57. The second-order valence-corrected chi connectivity index (χ2v) is 2.53. The minimum atomic E-state index is -0.0821. The summed E-state index contributed by atoms with van der Waals surface area (Å²) in [5, 5.41) is 6.09. The van der Waals surface area contributed by atoms with E-state index in [1.807, 2.05) is 6.92 Å². The van der Waals surface area contributed by atoms with Crippen molar-refractivity contribution in [2.45, 2.75) is 19.8 Å². The van der Waals surface area contributed by atoms with Gasteiger partial charge in [-0.15, -0.1) is 0 Å². The standard InChI is InChI=1S/C8H12N2O3/c1-3-4-6(11)9-7-5-8(12-2)10-13-7/h5H,3-4H2,1-2H3,(H,9,11). The zero-order valence-corrected chi connectivity index (χ0v) is 7.66. The lowest BCUT2D eigenvalue weighted by Crippen LogP contribution is -2.09. The molecule has 0 fully saturated rings. The molecule has 1 aromatic heterocycles. The Labute approximate surface area is 76.0 Å². The molecule has 0 atom stereocenters. The number of aromatic nitrogens is 1. The van der Waals surface area contributed by atoms with Crippen molar-refractivity contribution in [3.63, 3.8) is 0 Å². The van der Waals surface area contributed by atoms with Crippen LogP contribution >= 0.6 is 0 Å². The van der Waals surface area contributed by atoms with Gasteiger partial charge in [0.2, 0.25) is 11.8 Å². The number of carbonyl (C=O) groups excluding carboxylic acids is 1. The maximum absolute atomic E-state index is 11.1. The molecule has 72 valence electrons. The van der Waals surface area contributed by atoms with E-state index in [4.69, 9.17) is 9.26 Å². The van der Waals surface area contributed by atoms with Gasteiger partial charge in [0.15, 0.2) is 0 Å². The van der Waals surface area contributed by atoms with Crippen molar-refractivity contribution >= 4 is 11.8 Å². The van der Waals surface area contributed by atoms with Gasteiger partial charge in [0, 0.05) is 6.42 Å². The average molecular weight is 184 g/mol. The lowest BCUT2D eigenvalue weighted by atomic mass is 10.3. The van der Waals surface area contributed by atoms with Gasteiger partial charge in [-0.05, 0) is 11.6 Å². The van der Waals surface area contributed by atoms with Crippen molar-refractivity contribution in [2.24, 2.45) is 0 Å². The SMILES string of the molecule is CCCC(=O)Nc1cc(OC)no1. The van der Waals surface area contributed by atoms with Gasteiger partial charge < -0.3 is 9.26 Å². The minimum Gasteiger partial charge on any atom is -0.479 e. The zero-order valence-electron chi connectivity index (χ0n) is 7.66. The number of hydrogen-bond acceptors (Lipinski definition) is 4. The Morgan fingerprint density at radius 1 is 1.77 bits per heavy atom. The molecule has 0 saturated heterocycles. The smallest absolute Gasteiger partial charge is 0.256 e. The van der Waals surface area contributed by atoms with Gasteiger partial charge in [-0.25, -0.2) is 0 Å². The van der Waals surface area contributed by atoms with E-state index in [0.29, 0.717) is 18.2 Å². The molecule has 1 N–H and O–H groups in total. The van der Waals surface area contributed by atoms with Crippen LogP contribution in [0.4, 0.5) is 5.88 Å². The maximum Gasteiger partial charge on any atom is 0.256 e. The molecule has 5 nitrogen and oxygen atoms in total. The number of hydrogen-bond donors (Lipinski definition) is 1. The Morgan fingerprint density at radius 2 is 2.54 bits per heavy atom. The fourth-order valence-electron chi connectivity index (χ4n) is 0.841. The molecule has 0 saturated carbocycles. The fraction of sp³-hybridized carbons (Fsp3) is 0.500. The Kier molecular flexibility index (Phi) is 3.31. The van der Waals surface area contributed by atoms with Crippen molar-refractivity contribution in [2.75, 3.05) is 12.4 Å². The number of carbonyl (C=O) groups is 1. The molecule has 5 heteroatoms. The topological polar surface area (TPSA) is 64.4 Å². The first-order valence-corrected chi connectivity index (χ1v) is 4.06. The van der Waals surface area contributed by atoms with Crippen LogP contribution in [0, 0.1) is 0 Å². The molecule has 0 aliphatic carbocycles. The Balaban J connectivity index is 2.49. The van der Waals surface area contributed by atoms with Gasteiger partial charge in [0.05, 0.1) is 13.2 Å². The van der Waals surface area contributed by atoms with Gasteiger partial charge >= 0.3 is 0 Å². The number of ether oxygens (including phenoxy) is 1. The number of anilines is 1. The summed E-state index contributed by atoms with van der Waals surface area (Å²) in [7, 11) is 1.48. The molecule has 1 heterocycles. The Bertz CT molecular complexity index is 283. The number of nitrogens with one attached hydrogen (secondary N) is 1. The van der Waals surface area contributed by atoms with E-state index >= 15 is 0 Å². The fourth-order valence-corrected chi connectivity index (χ4v) is 0.841. The summed E-state index contributed by atoms with van der Waals surface area (Å²) in [6, 6.07) is 1.52. The molecule has 0 unspecified atom stereocenters. The molecular formula is C8H12N2O3. The van der Waals surface area contributed by atoms with Crippen LogP contribution in [0.5, 0.6) is 5.88 Å². The van der Waals surface area contributed by atoms with E-state index in [9.17, 15) is 4.79 Å². The van der Waals surface area contributed by atoms with Crippen LogP contribution in [0.1, 0.15) is 19.8 Å². The molecule has 13 heavy (non-hydrogen) atoms. The van der Waals surface area contributed by atoms with Crippen LogP contribution in [-0.4, -0.2) is 18.2 Å². The highest BCUT2D eigenvalue weighted by molar-refractivity contribution is 5.89. The highest BCUT2D eigenvalue weighted by Gasteiger charge is 2.06. The molecule has 1 rings (SSSR count). The van der Waals surface area contributed by atoms with E-state index < -0.39 is 0 Å². The van der Waals surface area contributed by atoms with Gasteiger partial charge in [-0.3, -0.25) is 10.1 Å². The van der Waals surface area contributed by atoms with Crippen LogP contribution in [0.3, 0.4) is 0 Å². The van der Waals surface area contributed by atoms with Gasteiger partial charge in [0.25, 0.3) is 5.88 Å². The summed E-state index contributed by atoms with van der Waals surface area (Å²) < 4.78 is 9.55. The molecule has 1 aromatic rings. The summed E-state index contributed by atoms with van der Waals surface area (Å²) in [6.45, 7) is 1.93. The third-order valence-electron chi connectivity index (χ3n) is 1.44. The molecule has 0 aliphatic heterocycles. The highest BCUT2D eigenvalue weighted by Crippen LogP contribution is 2.15. The summed E-state index contributed by atoms with van der Waals surface area (Å²) >= 11 is 0. The quantitative estimate of drug-likeness (QED) is 0.768. The predicted octanol–water partition coefficient (Wildman–Crippen LogP) is 1.42. The lowest BCUT2D eigenvalue weighted by Gasteiger charge is -1.96.